The van der Waals surface area contributed by atoms with Crippen molar-refractivity contribution in [3.63, 3.8) is 0 Å². The van der Waals surface area contributed by atoms with E-state index in [0.717, 1.165) is 36.9 Å². The number of aliphatic hydroxyl groups is 1. The van der Waals surface area contributed by atoms with Gasteiger partial charge in [-0.2, -0.15) is 0 Å². The molecule has 0 amide bonds. The Morgan fingerprint density at radius 2 is 2.11 bits per heavy atom. The molecule has 0 aromatic heterocycles. The Labute approximate surface area is 116 Å². The lowest BCUT2D eigenvalue weighted by molar-refractivity contribution is -0.384. The predicted molar refractivity (Wildman–Crippen MR) is 74.7 cm³/mol. The van der Waals surface area contributed by atoms with E-state index in [9.17, 15) is 15.2 Å². The van der Waals surface area contributed by atoms with Crippen LogP contribution in [0.4, 0.5) is 11.4 Å². The molecule has 0 aliphatic heterocycles. The zero-order valence-electron chi connectivity index (χ0n) is 10.7. The number of hydrogen-bond donors (Lipinski definition) is 2. The first-order valence-corrected chi connectivity index (χ1v) is 6.76. The number of benzene rings is 1. The van der Waals surface area contributed by atoms with Crippen LogP contribution in [-0.4, -0.2) is 22.2 Å². The molecule has 2 rings (SSSR count). The average Bonchev–Trinajstić information content (AvgIpc) is 2.35. The molecule has 6 heteroatoms. The Kier molecular flexibility index (Phi) is 4.27. The maximum Gasteiger partial charge on any atom is 0.288 e. The lowest BCUT2D eigenvalue weighted by Crippen LogP contribution is -2.36. The summed E-state index contributed by atoms with van der Waals surface area (Å²) in [6.45, 7) is 1.79. The van der Waals surface area contributed by atoms with Gasteiger partial charge in [-0.05, 0) is 31.4 Å². The highest BCUT2D eigenvalue weighted by Gasteiger charge is 2.24. The minimum absolute atomic E-state index is 0.00928. The first-order chi connectivity index (χ1) is 8.99. The molecule has 1 saturated carbocycles. The summed E-state index contributed by atoms with van der Waals surface area (Å²) in [5.74, 6) is 0. The molecule has 19 heavy (non-hydrogen) atoms. The van der Waals surface area contributed by atoms with Gasteiger partial charge in [0.1, 0.15) is 5.02 Å². The molecule has 0 spiro atoms. The highest BCUT2D eigenvalue weighted by atomic mass is 35.5. The summed E-state index contributed by atoms with van der Waals surface area (Å²) in [5.41, 5.74) is 1.42. The molecule has 2 atom stereocenters. The molecule has 0 bridgehead atoms. The van der Waals surface area contributed by atoms with Crippen LogP contribution >= 0.6 is 11.6 Å². The van der Waals surface area contributed by atoms with E-state index < -0.39 is 4.92 Å². The zero-order valence-corrected chi connectivity index (χ0v) is 11.5. The second-order valence-corrected chi connectivity index (χ2v) is 5.39. The monoisotopic (exact) mass is 284 g/mol. The second-order valence-electron chi connectivity index (χ2n) is 4.98. The standard InChI is InChI=1S/C13H17ClN2O3/c1-8-6-12(16(18)19)9(14)7-11(8)15-10-4-2-3-5-13(10)17/h6-7,10,13,15,17H,2-5H2,1H3. The van der Waals surface area contributed by atoms with Crippen LogP contribution in [0.5, 0.6) is 0 Å². The molecule has 104 valence electrons. The molecule has 1 aliphatic rings. The fourth-order valence-electron chi connectivity index (χ4n) is 2.44. The van der Waals surface area contributed by atoms with Gasteiger partial charge in [-0.3, -0.25) is 10.1 Å². The number of nitrogens with zero attached hydrogens (tertiary/aromatic N) is 1. The van der Waals surface area contributed by atoms with E-state index in [0.29, 0.717) is 0 Å². The fraction of sp³-hybridized carbons (Fsp3) is 0.538. The lowest BCUT2D eigenvalue weighted by Gasteiger charge is -2.29. The van der Waals surface area contributed by atoms with E-state index >= 15 is 0 Å². The lowest BCUT2D eigenvalue weighted by atomic mass is 9.92. The van der Waals surface area contributed by atoms with Crippen molar-refractivity contribution in [2.75, 3.05) is 5.32 Å². The second kappa shape index (κ2) is 5.75. The van der Waals surface area contributed by atoms with E-state index in [1.165, 1.54) is 6.07 Å². The van der Waals surface area contributed by atoms with Gasteiger partial charge in [-0.1, -0.05) is 24.4 Å². The van der Waals surface area contributed by atoms with E-state index in [1.54, 1.807) is 13.0 Å². The summed E-state index contributed by atoms with van der Waals surface area (Å²) in [6.07, 6.45) is 3.43. The van der Waals surface area contributed by atoms with Crippen molar-refractivity contribution in [1.29, 1.82) is 0 Å². The number of anilines is 1. The van der Waals surface area contributed by atoms with E-state index in [-0.39, 0.29) is 22.9 Å². The number of aliphatic hydroxyl groups excluding tert-OH is 1. The number of rotatable bonds is 3. The van der Waals surface area contributed by atoms with Gasteiger partial charge in [0.25, 0.3) is 5.69 Å². The molecular weight excluding hydrogens is 268 g/mol. The smallest absolute Gasteiger partial charge is 0.288 e. The minimum atomic E-state index is -0.491. The van der Waals surface area contributed by atoms with Gasteiger partial charge in [0.2, 0.25) is 0 Å². The highest BCUT2D eigenvalue weighted by Crippen LogP contribution is 2.32. The highest BCUT2D eigenvalue weighted by molar-refractivity contribution is 6.33. The molecule has 2 N–H and O–H groups in total. The maximum absolute atomic E-state index is 10.8. The van der Waals surface area contributed by atoms with Crippen molar-refractivity contribution in [2.24, 2.45) is 0 Å². The van der Waals surface area contributed by atoms with Crippen LogP contribution in [0.2, 0.25) is 5.02 Å². The van der Waals surface area contributed by atoms with Crippen LogP contribution in [0, 0.1) is 17.0 Å². The van der Waals surface area contributed by atoms with E-state index in [1.807, 2.05) is 0 Å². The van der Waals surface area contributed by atoms with Crippen molar-refractivity contribution >= 4 is 23.0 Å². The predicted octanol–water partition coefficient (Wildman–Crippen LogP) is 3.27. The molecule has 1 aromatic rings. The van der Waals surface area contributed by atoms with Crippen LogP contribution in [0.3, 0.4) is 0 Å². The summed E-state index contributed by atoms with van der Waals surface area (Å²) < 4.78 is 0. The largest absolute Gasteiger partial charge is 0.391 e. The molecule has 5 nitrogen and oxygen atoms in total. The van der Waals surface area contributed by atoms with E-state index in [2.05, 4.69) is 5.32 Å². The summed E-state index contributed by atoms with van der Waals surface area (Å²) >= 11 is 5.91. The van der Waals surface area contributed by atoms with Crippen molar-refractivity contribution in [3.05, 3.63) is 32.8 Å². The van der Waals surface area contributed by atoms with Crippen LogP contribution < -0.4 is 5.32 Å². The molecule has 0 heterocycles. The topological polar surface area (TPSA) is 75.4 Å². The summed E-state index contributed by atoms with van der Waals surface area (Å²) in [7, 11) is 0. The first kappa shape index (κ1) is 14.1. The molecule has 0 saturated heterocycles. The molecule has 2 unspecified atom stereocenters. The third-order valence-electron chi connectivity index (χ3n) is 3.56. The molecule has 1 fully saturated rings. The van der Waals surface area contributed by atoms with Crippen LogP contribution in [0.25, 0.3) is 0 Å². The van der Waals surface area contributed by atoms with Crippen molar-refractivity contribution in [3.8, 4) is 0 Å². The summed E-state index contributed by atoms with van der Waals surface area (Å²) in [5, 5.41) is 24.1. The number of aryl methyl sites for hydroxylation is 1. The Hall–Kier alpha value is -1.33. The Balaban J connectivity index is 2.21. The molecule has 0 radical (unpaired) electrons. The maximum atomic E-state index is 10.8. The van der Waals surface area contributed by atoms with Crippen molar-refractivity contribution in [2.45, 2.75) is 44.8 Å². The average molecular weight is 285 g/mol. The van der Waals surface area contributed by atoms with Crippen molar-refractivity contribution in [1.82, 2.24) is 0 Å². The number of halogens is 1. The Morgan fingerprint density at radius 1 is 1.42 bits per heavy atom. The summed E-state index contributed by atoms with van der Waals surface area (Å²) in [6, 6.07) is 3.01. The number of hydrogen-bond acceptors (Lipinski definition) is 4. The van der Waals surface area contributed by atoms with Gasteiger partial charge >= 0.3 is 0 Å². The van der Waals surface area contributed by atoms with Crippen molar-refractivity contribution < 1.29 is 10.0 Å². The Morgan fingerprint density at radius 3 is 2.74 bits per heavy atom. The first-order valence-electron chi connectivity index (χ1n) is 6.38. The van der Waals surface area contributed by atoms with Crippen LogP contribution in [0.15, 0.2) is 12.1 Å². The van der Waals surface area contributed by atoms with Gasteiger partial charge in [0.05, 0.1) is 17.1 Å². The zero-order chi connectivity index (χ0) is 14.0. The quantitative estimate of drug-likeness (QED) is 0.660. The normalized spacial score (nSPS) is 23.1. The van der Waals surface area contributed by atoms with E-state index in [4.69, 9.17) is 11.6 Å². The van der Waals surface area contributed by atoms with Crippen LogP contribution in [-0.2, 0) is 0 Å². The minimum Gasteiger partial charge on any atom is -0.391 e. The van der Waals surface area contributed by atoms with Gasteiger partial charge < -0.3 is 10.4 Å². The molecule has 1 aromatic carbocycles. The SMILES string of the molecule is Cc1cc([N+](=O)[O-])c(Cl)cc1NC1CCCCC1O. The third kappa shape index (κ3) is 3.16. The fourth-order valence-corrected chi connectivity index (χ4v) is 2.67. The van der Waals surface area contributed by atoms with Gasteiger partial charge in [-0.15, -0.1) is 0 Å². The number of nitro groups is 1. The summed E-state index contributed by atoms with van der Waals surface area (Å²) in [4.78, 5) is 10.3. The third-order valence-corrected chi connectivity index (χ3v) is 3.86. The van der Waals surface area contributed by atoms with Gasteiger partial charge in [0.15, 0.2) is 0 Å². The van der Waals surface area contributed by atoms with Gasteiger partial charge in [-0.25, -0.2) is 0 Å². The van der Waals surface area contributed by atoms with Crippen LogP contribution in [0.1, 0.15) is 31.2 Å². The Bertz CT molecular complexity index is 493. The number of nitrogens with one attached hydrogen (secondary N) is 1. The molecule has 1 aliphatic carbocycles. The van der Waals surface area contributed by atoms with Gasteiger partial charge in [0, 0.05) is 11.8 Å². The number of nitro benzene ring substituents is 1. The molecular formula is C13H17ClN2O3.